The Balaban J connectivity index is 1.83. The fraction of sp³-hybridized carbons (Fsp3) is 1.00. The molecule has 0 aromatic carbocycles. The number of nitrogens with one attached hydrogen (secondary N) is 1. The van der Waals surface area contributed by atoms with Gasteiger partial charge in [-0.25, -0.2) is 0 Å². The molecule has 2 heteroatoms. The van der Waals surface area contributed by atoms with Gasteiger partial charge in [-0.2, -0.15) is 0 Å². The van der Waals surface area contributed by atoms with Gasteiger partial charge in [0.15, 0.2) is 0 Å². The zero-order valence-corrected chi connectivity index (χ0v) is 8.81. The van der Waals surface area contributed by atoms with E-state index in [1.54, 1.807) is 0 Å². The molecule has 1 aliphatic carbocycles. The molecule has 2 rings (SSSR count). The molecule has 2 nitrogen and oxygen atoms in total. The van der Waals surface area contributed by atoms with Crippen LogP contribution in [0.5, 0.6) is 0 Å². The molecule has 2 unspecified atom stereocenters. The smallest absolute Gasteiger partial charge is 0.0666 e. The van der Waals surface area contributed by atoms with Gasteiger partial charge in [0.05, 0.1) is 5.60 Å². The van der Waals surface area contributed by atoms with E-state index in [4.69, 9.17) is 4.74 Å². The maximum Gasteiger partial charge on any atom is 0.0666 e. The van der Waals surface area contributed by atoms with Crippen LogP contribution in [0, 0.1) is 0 Å². The first-order valence-corrected chi connectivity index (χ1v) is 5.62. The van der Waals surface area contributed by atoms with Crippen molar-refractivity contribution in [1.29, 1.82) is 0 Å². The van der Waals surface area contributed by atoms with Crippen molar-refractivity contribution in [2.24, 2.45) is 0 Å². The number of ether oxygens (including phenoxy) is 1. The Morgan fingerprint density at radius 3 is 2.69 bits per heavy atom. The van der Waals surface area contributed by atoms with Crippen molar-refractivity contribution in [3.8, 4) is 0 Å². The second-order valence-corrected chi connectivity index (χ2v) is 4.78. The van der Waals surface area contributed by atoms with E-state index in [0.717, 1.165) is 19.1 Å². The van der Waals surface area contributed by atoms with Crippen molar-refractivity contribution in [2.75, 3.05) is 6.61 Å². The van der Waals surface area contributed by atoms with Crippen molar-refractivity contribution in [2.45, 2.75) is 63.6 Å². The lowest BCUT2D eigenvalue weighted by molar-refractivity contribution is -0.0781. The molecule has 0 aromatic rings. The lowest BCUT2D eigenvalue weighted by atomic mass is 9.90. The van der Waals surface area contributed by atoms with Gasteiger partial charge in [0.25, 0.3) is 0 Å². The third-order valence-corrected chi connectivity index (χ3v) is 3.39. The quantitative estimate of drug-likeness (QED) is 0.723. The predicted molar refractivity (Wildman–Crippen MR) is 53.8 cm³/mol. The van der Waals surface area contributed by atoms with E-state index in [0.29, 0.717) is 6.04 Å². The summed E-state index contributed by atoms with van der Waals surface area (Å²) in [7, 11) is 0. The van der Waals surface area contributed by atoms with Crippen LogP contribution in [0.15, 0.2) is 0 Å². The van der Waals surface area contributed by atoms with Crippen molar-refractivity contribution in [3.63, 3.8) is 0 Å². The standard InChI is InChI=1S/C11H21NO/c1-3-11(2)8-10(6-7-13-11)12-9-4-5-9/h9-10,12H,3-8H2,1-2H3. The second kappa shape index (κ2) is 3.58. The lowest BCUT2D eigenvalue weighted by Crippen LogP contribution is -2.45. The molecule has 2 fully saturated rings. The van der Waals surface area contributed by atoms with Gasteiger partial charge in [0, 0.05) is 18.7 Å². The summed E-state index contributed by atoms with van der Waals surface area (Å²) in [6.07, 6.45) is 6.31. The summed E-state index contributed by atoms with van der Waals surface area (Å²) in [6, 6.07) is 1.55. The molecule has 0 aromatic heterocycles. The molecule has 1 aliphatic heterocycles. The van der Waals surface area contributed by atoms with Gasteiger partial charge in [-0.3, -0.25) is 0 Å². The van der Waals surface area contributed by atoms with Crippen LogP contribution in [0.3, 0.4) is 0 Å². The molecule has 2 aliphatic rings. The highest BCUT2D eigenvalue weighted by Crippen LogP contribution is 2.30. The summed E-state index contributed by atoms with van der Waals surface area (Å²) in [5.41, 5.74) is 0.144. The Labute approximate surface area is 81.0 Å². The van der Waals surface area contributed by atoms with E-state index < -0.39 is 0 Å². The number of rotatable bonds is 3. The molecule has 0 amide bonds. The topological polar surface area (TPSA) is 21.3 Å². The van der Waals surface area contributed by atoms with Crippen molar-refractivity contribution in [1.82, 2.24) is 5.32 Å². The average Bonchev–Trinajstić information content (AvgIpc) is 2.89. The Hall–Kier alpha value is -0.0800. The van der Waals surface area contributed by atoms with Crippen LogP contribution in [-0.2, 0) is 4.74 Å². The minimum atomic E-state index is 0.144. The van der Waals surface area contributed by atoms with Crippen LogP contribution in [0.1, 0.15) is 46.0 Å². The molecule has 1 saturated carbocycles. The summed E-state index contributed by atoms with van der Waals surface area (Å²) in [4.78, 5) is 0. The SMILES string of the molecule is CCC1(C)CC(NC2CC2)CCO1. The summed E-state index contributed by atoms with van der Waals surface area (Å²) >= 11 is 0. The first-order chi connectivity index (χ1) is 6.22. The Morgan fingerprint density at radius 2 is 2.08 bits per heavy atom. The van der Waals surface area contributed by atoms with Gasteiger partial charge < -0.3 is 10.1 Å². The highest BCUT2D eigenvalue weighted by atomic mass is 16.5. The van der Waals surface area contributed by atoms with Crippen molar-refractivity contribution < 1.29 is 4.74 Å². The van der Waals surface area contributed by atoms with E-state index >= 15 is 0 Å². The maximum absolute atomic E-state index is 5.81. The van der Waals surface area contributed by atoms with E-state index in [9.17, 15) is 0 Å². The fourth-order valence-corrected chi connectivity index (χ4v) is 2.10. The van der Waals surface area contributed by atoms with E-state index in [1.165, 1.54) is 25.7 Å². The first-order valence-electron chi connectivity index (χ1n) is 5.62. The summed E-state index contributed by atoms with van der Waals surface area (Å²) in [5, 5.41) is 3.70. The van der Waals surface area contributed by atoms with Crippen LogP contribution in [0.4, 0.5) is 0 Å². The third kappa shape index (κ3) is 2.44. The van der Waals surface area contributed by atoms with Crippen LogP contribution in [0.25, 0.3) is 0 Å². The van der Waals surface area contributed by atoms with Crippen molar-refractivity contribution in [3.05, 3.63) is 0 Å². The number of hydrogen-bond acceptors (Lipinski definition) is 2. The van der Waals surface area contributed by atoms with Crippen molar-refractivity contribution >= 4 is 0 Å². The molecule has 0 bridgehead atoms. The van der Waals surface area contributed by atoms with Gasteiger partial charge in [0.2, 0.25) is 0 Å². The highest BCUT2D eigenvalue weighted by molar-refractivity contribution is 4.90. The molecule has 13 heavy (non-hydrogen) atoms. The van der Waals surface area contributed by atoms with Crippen LogP contribution < -0.4 is 5.32 Å². The molecule has 1 heterocycles. The Morgan fingerprint density at radius 1 is 1.31 bits per heavy atom. The molecular weight excluding hydrogens is 162 g/mol. The molecule has 2 atom stereocenters. The molecule has 1 N–H and O–H groups in total. The van der Waals surface area contributed by atoms with Gasteiger partial charge in [0.1, 0.15) is 0 Å². The fourth-order valence-electron chi connectivity index (χ4n) is 2.10. The highest BCUT2D eigenvalue weighted by Gasteiger charge is 2.34. The normalized spacial score (nSPS) is 40.6. The predicted octanol–water partition coefficient (Wildman–Crippen LogP) is 2.09. The Bertz CT molecular complexity index is 179. The minimum absolute atomic E-state index is 0.144. The zero-order chi connectivity index (χ0) is 9.31. The zero-order valence-electron chi connectivity index (χ0n) is 8.81. The van der Waals surface area contributed by atoms with E-state index in [1.807, 2.05) is 0 Å². The maximum atomic E-state index is 5.81. The van der Waals surface area contributed by atoms with E-state index in [-0.39, 0.29) is 5.60 Å². The molecule has 0 spiro atoms. The van der Waals surface area contributed by atoms with Crippen LogP contribution in [-0.4, -0.2) is 24.3 Å². The Kier molecular flexibility index (Phi) is 2.61. The van der Waals surface area contributed by atoms with Gasteiger partial charge in [-0.1, -0.05) is 6.92 Å². The second-order valence-electron chi connectivity index (χ2n) is 4.78. The van der Waals surface area contributed by atoms with Gasteiger partial charge in [-0.05, 0) is 39.0 Å². The average molecular weight is 183 g/mol. The molecule has 0 radical (unpaired) electrons. The van der Waals surface area contributed by atoms with Gasteiger partial charge in [-0.15, -0.1) is 0 Å². The third-order valence-electron chi connectivity index (χ3n) is 3.39. The summed E-state index contributed by atoms with van der Waals surface area (Å²) < 4.78 is 5.81. The summed E-state index contributed by atoms with van der Waals surface area (Å²) in [5.74, 6) is 0. The molecule has 1 saturated heterocycles. The van der Waals surface area contributed by atoms with Crippen LogP contribution >= 0.6 is 0 Å². The monoisotopic (exact) mass is 183 g/mol. The van der Waals surface area contributed by atoms with E-state index in [2.05, 4.69) is 19.2 Å². The number of hydrogen-bond donors (Lipinski definition) is 1. The van der Waals surface area contributed by atoms with Crippen LogP contribution in [0.2, 0.25) is 0 Å². The molecular formula is C11H21NO. The first kappa shape index (κ1) is 9.47. The largest absolute Gasteiger partial charge is 0.375 e. The molecule has 76 valence electrons. The summed E-state index contributed by atoms with van der Waals surface area (Å²) in [6.45, 7) is 5.40. The minimum Gasteiger partial charge on any atom is -0.375 e. The van der Waals surface area contributed by atoms with Gasteiger partial charge >= 0.3 is 0 Å². The lowest BCUT2D eigenvalue weighted by Gasteiger charge is -2.38.